The molecule has 7 heteroatoms. The first-order valence-corrected chi connectivity index (χ1v) is 8.88. The summed E-state index contributed by atoms with van der Waals surface area (Å²) in [5, 5.41) is 3.92. The van der Waals surface area contributed by atoms with E-state index in [-0.39, 0.29) is 12.7 Å². The number of para-hydroxylation sites is 1. The molecule has 0 radical (unpaired) electrons. The summed E-state index contributed by atoms with van der Waals surface area (Å²) in [5.41, 5.74) is 1.68. The average Bonchev–Trinajstić information content (AvgIpc) is 3.20. The predicted octanol–water partition coefficient (Wildman–Crippen LogP) is 3.50. The van der Waals surface area contributed by atoms with Crippen LogP contribution in [0.4, 0.5) is 5.69 Å². The van der Waals surface area contributed by atoms with Crippen LogP contribution >= 0.6 is 11.8 Å². The fourth-order valence-corrected chi connectivity index (χ4v) is 3.71. The molecule has 0 aliphatic carbocycles. The topological polar surface area (TPSA) is 54.4 Å². The van der Waals surface area contributed by atoms with Gasteiger partial charge in [-0.15, -0.1) is 0 Å². The van der Waals surface area contributed by atoms with E-state index in [0.29, 0.717) is 15.8 Å². The summed E-state index contributed by atoms with van der Waals surface area (Å²) >= 11 is 1.35. The Hall–Kier alpha value is -2.77. The normalized spacial score (nSPS) is 19.2. The first-order valence-electron chi connectivity index (χ1n) is 8.06. The molecule has 2 aromatic carbocycles. The molecule has 0 atom stereocenters. The molecule has 132 valence electrons. The number of ether oxygens (including phenoxy) is 2. The number of fused-ring (bicyclic) bond motifs is 1. The van der Waals surface area contributed by atoms with Gasteiger partial charge in [0.15, 0.2) is 16.7 Å². The van der Waals surface area contributed by atoms with Crippen LogP contribution in [0.2, 0.25) is 0 Å². The highest BCUT2D eigenvalue weighted by Gasteiger charge is 2.35. The minimum Gasteiger partial charge on any atom is -0.454 e. The smallest absolute Gasteiger partial charge is 0.281 e. The van der Waals surface area contributed by atoms with Crippen molar-refractivity contribution < 1.29 is 14.3 Å². The Morgan fingerprint density at radius 1 is 1.12 bits per heavy atom. The Morgan fingerprint density at radius 2 is 1.88 bits per heavy atom. The third-order valence-electron chi connectivity index (χ3n) is 3.86. The Morgan fingerprint density at radius 3 is 2.65 bits per heavy atom. The van der Waals surface area contributed by atoms with E-state index in [4.69, 9.17) is 9.47 Å². The number of benzene rings is 2. The molecule has 1 fully saturated rings. The van der Waals surface area contributed by atoms with Gasteiger partial charge in [0.05, 0.1) is 10.6 Å². The quantitative estimate of drug-likeness (QED) is 0.777. The van der Waals surface area contributed by atoms with Crippen LogP contribution in [-0.4, -0.2) is 42.0 Å². The van der Waals surface area contributed by atoms with E-state index in [0.717, 1.165) is 17.0 Å². The Bertz CT molecular complexity index is 910. The highest BCUT2D eigenvalue weighted by Crippen LogP contribution is 2.37. The molecule has 2 aromatic rings. The zero-order valence-corrected chi connectivity index (χ0v) is 15.2. The summed E-state index contributed by atoms with van der Waals surface area (Å²) < 4.78 is 10.7. The molecular formula is C19H17N3O3S. The summed E-state index contributed by atoms with van der Waals surface area (Å²) in [5.74, 6) is 1.31. The number of thioether (sulfide) groups is 1. The van der Waals surface area contributed by atoms with Gasteiger partial charge in [-0.3, -0.25) is 4.79 Å². The van der Waals surface area contributed by atoms with E-state index in [1.54, 1.807) is 10.0 Å². The maximum Gasteiger partial charge on any atom is 0.281 e. The van der Waals surface area contributed by atoms with Gasteiger partial charge in [-0.25, -0.2) is 15.0 Å². The lowest BCUT2D eigenvalue weighted by Crippen LogP contribution is -2.40. The fourth-order valence-electron chi connectivity index (χ4n) is 2.66. The number of carbonyl (C=O) groups is 1. The largest absolute Gasteiger partial charge is 0.454 e. The van der Waals surface area contributed by atoms with E-state index < -0.39 is 0 Å². The van der Waals surface area contributed by atoms with E-state index in [9.17, 15) is 4.79 Å². The van der Waals surface area contributed by atoms with Crippen LogP contribution in [0.25, 0.3) is 6.08 Å². The van der Waals surface area contributed by atoms with Gasteiger partial charge < -0.3 is 9.47 Å². The Balaban J connectivity index is 1.67. The highest BCUT2D eigenvalue weighted by molar-refractivity contribution is 8.18. The second kappa shape index (κ2) is 6.86. The Kier molecular flexibility index (Phi) is 4.40. The molecule has 0 saturated carbocycles. The number of nitrogens with zero attached hydrogens (tertiary/aromatic N) is 3. The summed E-state index contributed by atoms with van der Waals surface area (Å²) in [4.78, 5) is 18.1. The van der Waals surface area contributed by atoms with Crippen molar-refractivity contribution in [1.29, 1.82) is 0 Å². The molecule has 6 nitrogen and oxygen atoms in total. The first-order chi connectivity index (χ1) is 12.6. The van der Waals surface area contributed by atoms with Crippen molar-refractivity contribution in [1.82, 2.24) is 10.0 Å². The van der Waals surface area contributed by atoms with Crippen LogP contribution < -0.4 is 9.47 Å². The molecule has 4 rings (SSSR count). The molecule has 26 heavy (non-hydrogen) atoms. The highest BCUT2D eigenvalue weighted by atomic mass is 32.2. The maximum atomic E-state index is 12.8. The standard InChI is InChI=1S/C19H17N3O3S/c1-21(2)22-18(23)17(26-19(22)20-14-6-4-3-5-7-14)11-13-8-9-15-16(10-13)25-12-24-15/h3-11H,12H2,1-2H3. The molecule has 2 aliphatic heterocycles. The van der Waals surface area contributed by atoms with E-state index >= 15 is 0 Å². The van der Waals surface area contributed by atoms with Gasteiger partial charge in [-0.1, -0.05) is 24.3 Å². The molecule has 0 aromatic heterocycles. The summed E-state index contributed by atoms with van der Waals surface area (Å²) in [6, 6.07) is 15.2. The second-order valence-electron chi connectivity index (χ2n) is 5.92. The zero-order chi connectivity index (χ0) is 18.1. The molecule has 0 spiro atoms. The third-order valence-corrected chi connectivity index (χ3v) is 4.82. The van der Waals surface area contributed by atoms with Crippen molar-refractivity contribution in [3.05, 3.63) is 59.0 Å². The van der Waals surface area contributed by atoms with Crippen LogP contribution in [0.5, 0.6) is 11.5 Å². The van der Waals surface area contributed by atoms with Gasteiger partial charge in [0.1, 0.15) is 0 Å². The van der Waals surface area contributed by atoms with Crippen molar-refractivity contribution in [3.63, 3.8) is 0 Å². The van der Waals surface area contributed by atoms with Crippen LogP contribution in [0, 0.1) is 0 Å². The first kappa shape index (κ1) is 16.7. The van der Waals surface area contributed by atoms with Crippen LogP contribution in [0.15, 0.2) is 58.4 Å². The lowest BCUT2D eigenvalue weighted by molar-refractivity contribution is -0.130. The second-order valence-corrected chi connectivity index (χ2v) is 6.93. The average molecular weight is 367 g/mol. The lowest BCUT2D eigenvalue weighted by atomic mass is 10.2. The zero-order valence-electron chi connectivity index (χ0n) is 14.4. The van der Waals surface area contributed by atoms with Gasteiger partial charge in [-0.2, -0.15) is 0 Å². The SMILES string of the molecule is CN(C)N1C(=O)C(=Cc2ccc3c(c2)OCO3)SC1=Nc1ccccc1. The van der Waals surface area contributed by atoms with Crippen LogP contribution in [-0.2, 0) is 4.79 Å². The summed E-state index contributed by atoms with van der Waals surface area (Å²) in [6.07, 6.45) is 1.85. The maximum absolute atomic E-state index is 12.8. The summed E-state index contributed by atoms with van der Waals surface area (Å²) in [7, 11) is 3.64. The van der Waals surface area contributed by atoms with Gasteiger partial charge in [0, 0.05) is 14.1 Å². The van der Waals surface area contributed by atoms with Gasteiger partial charge in [0.25, 0.3) is 5.91 Å². The summed E-state index contributed by atoms with van der Waals surface area (Å²) in [6.45, 7) is 0.228. The monoisotopic (exact) mass is 367 g/mol. The number of hydrazine groups is 1. The number of hydrogen-bond donors (Lipinski definition) is 0. The van der Waals surface area contributed by atoms with Crippen molar-refractivity contribution in [3.8, 4) is 11.5 Å². The van der Waals surface area contributed by atoms with E-state index in [2.05, 4.69) is 4.99 Å². The van der Waals surface area contributed by atoms with Crippen LogP contribution in [0.1, 0.15) is 5.56 Å². The number of amides is 1. The number of aliphatic imine (C=N–C) groups is 1. The molecule has 0 N–H and O–H groups in total. The van der Waals surface area contributed by atoms with Gasteiger partial charge in [0.2, 0.25) is 6.79 Å². The predicted molar refractivity (Wildman–Crippen MR) is 102 cm³/mol. The number of rotatable bonds is 3. The van der Waals surface area contributed by atoms with Crippen LogP contribution in [0.3, 0.4) is 0 Å². The number of hydrogen-bond acceptors (Lipinski definition) is 6. The minimum absolute atomic E-state index is 0.104. The third kappa shape index (κ3) is 3.18. The van der Waals surface area contributed by atoms with Crippen molar-refractivity contribution >= 4 is 34.6 Å². The molecule has 0 bridgehead atoms. The molecule has 2 aliphatic rings. The van der Waals surface area contributed by atoms with Crippen molar-refractivity contribution in [2.24, 2.45) is 4.99 Å². The number of amidine groups is 1. The number of carbonyl (C=O) groups excluding carboxylic acids is 1. The Labute approximate surface area is 155 Å². The van der Waals surface area contributed by atoms with E-state index in [1.807, 2.05) is 68.7 Å². The van der Waals surface area contributed by atoms with E-state index in [1.165, 1.54) is 11.8 Å². The lowest BCUT2D eigenvalue weighted by Gasteiger charge is -2.22. The molecule has 1 saturated heterocycles. The van der Waals surface area contributed by atoms with Gasteiger partial charge in [-0.05, 0) is 47.7 Å². The van der Waals surface area contributed by atoms with Crippen molar-refractivity contribution in [2.75, 3.05) is 20.9 Å². The fraction of sp³-hybridized carbons (Fsp3) is 0.158. The minimum atomic E-state index is -0.104. The molecular weight excluding hydrogens is 350 g/mol. The van der Waals surface area contributed by atoms with Gasteiger partial charge >= 0.3 is 0 Å². The molecule has 1 amide bonds. The van der Waals surface area contributed by atoms with Crippen molar-refractivity contribution in [2.45, 2.75) is 0 Å². The molecule has 2 heterocycles. The molecule has 0 unspecified atom stereocenters.